The van der Waals surface area contributed by atoms with Gasteiger partial charge in [-0.2, -0.15) is 0 Å². The highest BCUT2D eigenvalue weighted by molar-refractivity contribution is 6.31. The average molecular weight is 325 g/mol. The van der Waals surface area contributed by atoms with Gasteiger partial charge >= 0.3 is 0 Å². The van der Waals surface area contributed by atoms with E-state index in [1.807, 2.05) is 18.2 Å². The van der Waals surface area contributed by atoms with Crippen molar-refractivity contribution in [2.24, 2.45) is 0 Å². The van der Waals surface area contributed by atoms with Crippen LogP contribution in [0, 0.1) is 6.92 Å². The van der Waals surface area contributed by atoms with Crippen LogP contribution in [0.3, 0.4) is 0 Å². The molecule has 0 aromatic heterocycles. The van der Waals surface area contributed by atoms with E-state index in [1.165, 1.54) is 16.7 Å². The molecule has 2 aromatic carbocycles. The fourth-order valence-corrected chi connectivity index (χ4v) is 3.37. The van der Waals surface area contributed by atoms with Gasteiger partial charge in [-0.1, -0.05) is 49.4 Å². The van der Waals surface area contributed by atoms with E-state index in [9.17, 15) is 0 Å². The van der Waals surface area contributed by atoms with Crippen LogP contribution in [0.4, 0.5) is 0 Å². The summed E-state index contributed by atoms with van der Waals surface area (Å²) in [7, 11) is 0. The van der Waals surface area contributed by atoms with Gasteiger partial charge in [-0.25, -0.2) is 0 Å². The van der Waals surface area contributed by atoms with Crippen molar-refractivity contribution in [3.63, 3.8) is 0 Å². The predicted molar refractivity (Wildman–Crippen MR) is 98.3 cm³/mol. The molecule has 0 radical (unpaired) electrons. The number of ether oxygens (including phenoxy) is 1. The molecule has 0 amide bonds. The summed E-state index contributed by atoms with van der Waals surface area (Å²) in [6.45, 7) is 9.18. The first-order chi connectivity index (χ1) is 11.1. The van der Waals surface area contributed by atoms with Crippen molar-refractivity contribution in [2.75, 3.05) is 6.61 Å². The van der Waals surface area contributed by atoms with Gasteiger partial charge in [0.15, 0.2) is 0 Å². The molecule has 0 unspecified atom stereocenters. The molecule has 1 aliphatic heterocycles. The lowest BCUT2D eigenvalue weighted by atomic mass is 9.91. The molecule has 0 bridgehead atoms. The Kier molecular flexibility index (Phi) is 4.58. The molecular formula is C21H21ClO. The summed E-state index contributed by atoms with van der Waals surface area (Å²) in [5.74, 6) is 0.926. The van der Waals surface area contributed by atoms with E-state index in [-0.39, 0.29) is 0 Å². The summed E-state index contributed by atoms with van der Waals surface area (Å²) in [6, 6.07) is 12.4. The van der Waals surface area contributed by atoms with Gasteiger partial charge in [-0.15, -0.1) is 0 Å². The quantitative estimate of drug-likeness (QED) is 0.692. The fourth-order valence-electron chi connectivity index (χ4n) is 3.08. The van der Waals surface area contributed by atoms with Gasteiger partial charge in [0.25, 0.3) is 0 Å². The van der Waals surface area contributed by atoms with Crippen molar-refractivity contribution in [3.8, 4) is 5.75 Å². The summed E-state index contributed by atoms with van der Waals surface area (Å²) in [5.41, 5.74) is 7.10. The maximum absolute atomic E-state index is 6.46. The van der Waals surface area contributed by atoms with Crippen LogP contribution < -0.4 is 4.74 Å². The first-order valence-electron chi connectivity index (χ1n) is 7.98. The molecule has 0 spiro atoms. The molecule has 0 N–H and O–H groups in total. The molecule has 2 heteroatoms. The molecule has 0 saturated carbocycles. The van der Waals surface area contributed by atoms with Crippen LogP contribution in [0.5, 0.6) is 5.75 Å². The normalized spacial score (nSPS) is 13.1. The minimum absolute atomic E-state index is 0.590. The number of benzene rings is 2. The van der Waals surface area contributed by atoms with Crippen molar-refractivity contribution in [2.45, 2.75) is 26.7 Å². The molecule has 23 heavy (non-hydrogen) atoms. The third-order valence-electron chi connectivity index (χ3n) is 4.37. The van der Waals surface area contributed by atoms with E-state index >= 15 is 0 Å². The zero-order valence-electron chi connectivity index (χ0n) is 13.7. The number of halogens is 1. The largest absolute Gasteiger partial charge is 0.489 e. The van der Waals surface area contributed by atoms with Crippen molar-refractivity contribution in [3.05, 3.63) is 81.9 Å². The van der Waals surface area contributed by atoms with Crippen molar-refractivity contribution >= 4 is 17.2 Å². The monoisotopic (exact) mass is 324 g/mol. The van der Waals surface area contributed by atoms with Crippen molar-refractivity contribution in [1.29, 1.82) is 0 Å². The molecule has 0 aliphatic carbocycles. The highest BCUT2D eigenvalue weighted by Gasteiger charge is 2.16. The highest BCUT2D eigenvalue weighted by atomic mass is 35.5. The number of rotatable bonds is 4. The summed E-state index contributed by atoms with van der Waals surface area (Å²) >= 11 is 6.46. The summed E-state index contributed by atoms with van der Waals surface area (Å²) < 4.78 is 5.69. The van der Waals surface area contributed by atoms with Crippen molar-refractivity contribution < 1.29 is 4.74 Å². The first-order valence-corrected chi connectivity index (χ1v) is 8.36. The van der Waals surface area contributed by atoms with E-state index in [1.54, 1.807) is 0 Å². The van der Waals surface area contributed by atoms with Crippen LogP contribution in [-0.2, 0) is 12.8 Å². The Morgan fingerprint density at radius 1 is 1.22 bits per heavy atom. The van der Waals surface area contributed by atoms with Crippen LogP contribution in [0.1, 0.15) is 29.2 Å². The number of fused-ring (bicyclic) bond motifs is 1. The third-order valence-corrected chi connectivity index (χ3v) is 4.73. The highest BCUT2D eigenvalue weighted by Crippen LogP contribution is 2.35. The minimum Gasteiger partial charge on any atom is -0.489 e. The number of allylic oxidation sites excluding steroid dienone is 2. The van der Waals surface area contributed by atoms with E-state index in [4.69, 9.17) is 16.3 Å². The van der Waals surface area contributed by atoms with Crippen LogP contribution >= 0.6 is 11.6 Å². The van der Waals surface area contributed by atoms with Crippen LogP contribution in [0.25, 0.3) is 5.57 Å². The Bertz CT molecular complexity index is 786. The molecule has 3 rings (SSSR count). The van der Waals surface area contributed by atoms with E-state index in [2.05, 4.69) is 44.7 Å². The molecule has 0 atom stereocenters. The zero-order valence-corrected chi connectivity index (χ0v) is 14.4. The summed E-state index contributed by atoms with van der Waals surface area (Å²) in [5, 5.41) is 0.821. The molecule has 0 fully saturated rings. The second-order valence-electron chi connectivity index (χ2n) is 5.93. The SMILES string of the molecule is C=C(Cc1cc(CC)c(C)cc1Cl)C1=CCOc2ccccc21. The number of aryl methyl sites for hydroxylation is 2. The van der Waals surface area contributed by atoms with Gasteiger partial charge in [-0.05, 0) is 65.8 Å². The second-order valence-corrected chi connectivity index (χ2v) is 6.34. The maximum atomic E-state index is 6.46. The number of para-hydroxylation sites is 1. The van der Waals surface area contributed by atoms with Crippen LogP contribution in [0.2, 0.25) is 5.02 Å². The van der Waals surface area contributed by atoms with Gasteiger partial charge in [0, 0.05) is 10.6 Å². The lowest BCUT2D eigenvalue weighted by molar-refractivity contribution is 0.357. The van der Waals surface area contributed by atoms with Gasteiger partial charge in [-0.3, -0.25) is 0 Å². The lowest BCUT2D eigenvalue weighted by Gasteiger charge is -2.21. The molecular weight excluding hydrogens is 304 g/mol. The number of hydrogen-bond donors (Lipinski definition) is 0. The lowest BCUT2D eigenvalue weighted by Crippen LogP contribution is -2.07. The molecule has 1 heterocycles. The summed E-state index contributed by atoms with van der Waals surface area (Å²) in [4.78, 5) is 0. The van der Waals surface area contributed by atoms with Crippen LogP contribution in [0.15, 0.2) is 54.6 Å². The zero-order chi connectivity index (χ0) is 16.4. The molecule has 118 valence electrons. The Labute approximate surface area is 143 Å². The van der Waals surface area contributed by atoms with E-state index < -0.39 is 0 Å². The van der Waals surface area contributed by atoms with Gasteiger partial charge < -0.3 is 4.74 Å². The number of hydrogen-bond acceptors (Lipinski definition) is 1. The Morgan fingerprint density at radius 3 is 2.78 bits per heavy atom. The minimum atomic E-state index is 0.590. The second kappa shape index (κ2) is 6.64. The van der Waals surface area contributed by atoms with Crippen LogP contribution in [-0.4, -0.2) is 6.61 Å². The smallest absolute Gasteiger partial charge is 0.127 e. The van der Waals surface area contributed by atoms with Gasteiger partial charge in [0.2, 0.25) is 0 Å². The standard InChI is InChI=1S/C21H21ClO/c1-4-16-13-17(20(22)12-14(16)2)11-15(3)18-9-10-23-21-8-6-5-7-19(18)21/h5-9,12-13H,3-4,10-11H2,1-2H3. The average Bonchev–Trinajstić information content (AvgIpc) is 2.56. The Hall–Kier alpha value is -1.99. The predicted octanol–water partition coefficient (Wildman–Crippen LogP) is 5.79. The molecule has 2 aromatic rings. The molecule has 0 saturated heterocycles. The van der Waals surface area contributed by atoms with Gasteiger partial charge in [0.05, 0.1) is 0 Å². The molecule has 1 nitrogen and oxygen atoms in total. The third kappa shape index (κ3) is 3.20. The van der Waals surface area contributed by atoms with Gasteiger partial charge in [0.1, 0.15) is 12.4 Å². The van der Waals surface area contributed by atoms with E-state index in [0.29, 0.717) is 6.61 Å². The topological polar surface area (TPSA) is 9.23 Å². The molecule has 1 aliphatic rings. The fraction of sp³-hybridized carbons (Fsp3) is 0.238. The Balaban J connectivity index is 1.90. The first kappa shape index (κ1) is 15.9. The summed E-state index contributed by atoms with van der Waals surface area (Å²) in [6.07, 6.45) is 3.88. The Morgan fingerprint density at radius 2 is 2.00 bits per heavy atom. The maximum Gasteiger partial charge on any atom is 0.127 e. The van der Waals surface area contributed by atoms with E-state index in [0.717, 1.165) is 40.3 Å². The van der Waals surface area contributed by atoms with Crippen molar-refractivity contribution in [1.82, 2.24) is 0 Å².